The monoisotopic (exact) mass is 212 g/mol. The molecule has 0 bridgehead atoms. The van der Waals surface area contributed by atoms with Gasteiger partial charge in [0.1, 0.15) is 0 Å². The molecule has 0 aromatic heterocycles. The van der Waals surface area contributed by atoms with Gasteiger partial charge in [0.15, 0.2) is 0 Å². The zero-order chi connectivity index (χ0) is 11.7. The summed E-state index contributed by atoms with van der Waals surface area (Å²) in [5, 5.41) is 3.70. The Balaban J connectivity index is 2.66. The molecule has 1 saturated heterocycles. The van der Waals surface area contributed by atoms with Crippen molar-refractivity contribution < 1.29 is 0 Å². The molecule has 1 aliphatic rings. The van der Waals surface area contributed by atoms with Crippen molar-refractivity contribution in [3.05, 3.63) is 0 Å². The van der Waals surface area contributed by atoms with E-state index in [0.29, 0.717) is 12.0 Å². The van der Waals surface area contributed by atoms with Gasteiger partial charge in [-0.25, -0.2) is 0 Å². The number of piperidine rings is 1. The molecule has 0 aliphatic carbocycles. The molecule has 0 spiro atoms. The fourth-order valence-corrected chi connectivity index (χ4v) is 3.27. The molecule has 1 aliphatic heterocycles. The van der Waals surface area contributed by atoms with Crippen LogP contribution in [-0.2, 0) is 0 Å². The Hall–Kier alpha value is -0.0800. The van der Waals surface area contributed by atoms with Crippen LogP contribution in [0.3, 0.4) is 0 Å². The fourth-order valence-electron chi connectivity index (χ4n) is 3.27. The Labute approximate surface area is 95.0 Å². The van der Waals surface area contributed by atoms with E-state index < -0.39 is 0 Å². The molecule has 0 aromatic carbocycles. The van der Waals surface area contributed by atoms with E-state index in [9.17, 15) is 0 Å². The van der Waals surface area contributed by atoms with Crippen molar-refractivity contribution in [3.63, 3.8) is 0 Å². The Morgan fingerprint density at radius 3 is 2.07 bits per heavy atom. The molecule has 1 unspecified atom stereocenters. The summed E-state index contributed by atoms with van der Waals surface area (Å²) >= 11 is 0. The van der Waals surface area contributed by atoms with Crippen molar-refractivity contribution in [2.75, 3.05) is 0 Å². The van der Waals surface area contributed by atoms with Crippen molar-refractivity contribution in [2.45, 2.75) is 77.4 Å². The molecule has 3 N–H and O–H groups in total. The van der Waals surface area contributed by atoms with Crippen LogP contribution in [0.4, 0.5) is 0 Å². The van der Waals surface area contributed by atoms with Crippen molar-refractivity contribution in [2.24, 2.45) is 11.7 Å². The Morgan fingerprint density at radius 1 is 1.20 bits per heavy atom. The minimum Gasteiger partial charge on any atom is -0.327 e. The normalized spacial score (nSPS) is 27.6. The highest BCUT2D eigenvalue weighted by atomic mass is 15.1. The second-order valence-corrected chi connectivity index (χ2v) is 6.51. The number of hydrogen-bond acceptors (Lipinski definition) is 2. The Kier molecular flexibility index (Phi) is 3.83. The first-order valence-corrected chi connectivity index (χ1v) is 6.31. The third-order valence-electron chi connectivity index (χ3n) is 3.45. The highest BCUT2D eigenvalue weighted by Crippen LogP contribution is 2.34. The average molecular weight is 212 g/mol. The van der Waals surface area contributed by atoms with E-state index in [1.807, 2.05) is 0 Å². The summed E-state index contributed by atoms with van der Waals surface area (Å²) in [5.41, 5.74) is 6.74. The van der Waals surface area contributed by atoms with Gasteiger partial charge in [-0.1, -0.05) is 13.3 Å². The van der Waals surface area contributed by atoms with Gasteiger partial charge in [0, 0.05) is 17.1 Å². The summed E-state index contributed by atoms with van der Waals surface area (Å²) in [6, 6.07) is 0.385. The zero-order valence-corrected chi connectivity index (χ0v) is 11.1. The first-order valence-electron chi connectivity index (χ1n) is 6.31. The topological polar surface area (TPSA) is 38.0 Å². The van der Waals surface area contributed by atoms with Crippen LogP contribution in [0.25, 0.3) is 0 Å². The van der Waals surface area contributed by atoms with E-state index in [0.717, 1.165) is 6.42 Å². The molecular formula is C13H28N2. The lowest BCUT2D eigenvalue weighted by molar-refractivity contribution is 0.111. The quantitative estimate of drug-likeness (QED) is 0.755. The maximum Gasteiger partial charge on any atom is 0.0133 e. The lowest BCUT2D eigenvalue weighted by atomic mass is 9.72. The molecule has 0 saturated carbocycles. The predicted molar refractivity (Wildman–Crippen MR) is 66.9 cm³/mol. The van der Waals surface area contributed by atoms with Crippen molar-refractivity contribution in [1.29, 1.82) is 0 Å². The second-order valence-electron chi connectivity index (χ2n) is 6.51. The molecule has 1 heterocycles. The molecular weight excluding hydrogens is 184 g/mol. The van der Waals surface area contributed by atoms with E-state index in [4.69, 9.17) is 5.73 Å². The van der Waals surface area contributed by atoms with Gasteiger partial charge in [-0.15, -0.1) is 0 Å². The summed E-state index contributed by atoms with van der Waals surface area (Å²) in [6.07, 6.45) is 4.78. The molecule has 2 heteroatoms. The van der Waals surface area contributed by atoms with Crippen LogP contribution < -0.4 is 11.1 Å². The third kappa shape index (κ3) is 3.76. The first kappa shape index (κ1) is 13.0. The van der Waals surface area contributed by atoms with Crippen LogP contribution >= 0.6 is 0 Å². The van der Waals surface area contributed by atoms with Gasteiger partial charge in [-0.05, 0) is 52.9 Å². The van der Waals surface area contributed by atoms with Gasteiger partial charge in [0.05, 0.1) is 0 Å². The van der Waals surface area contributed by atoms with E-state index in [1.54, 1.807) is 0 Å². The highest BCUT2D eigenvalue weighted by molar-refractivity contribution is 4.99. The molecule has 1 fully saturated rings. The molecule has 2 nitrogen and oxygen atoms in total. The molecule has 1 rings (SSSR count). The predicted octanol–water partition coefficient (Wildman–Crippen LogP) is 2.67. The van der Waals surface area contributed by atoms with Crippen LogP contribution in [0, 0.1) is 5.92 Å². The summed E-state index contributed by atoms with van der Waals surface area (Å²) in [4.78, 5) is 0. The van der Waals surface area contributed by atoms with Gasteiger partial charge < -0.3 is 11.1 Å². The summed E-state index contributed by atoms with van der Waals surface area (Å²) in [6.45, 7) is 11.4. The van der Waals surface area contributed by atoms with Gasteiger partial charge in [-0.2, -0.15) is 0 Å². The highest BCUT2D eigenvalue weighted by Gasteiger charge is 2.39. The van der Waals surface area contributed by atoms with Crippen LogP contribution in [0.5, 0.6) is 0 Å². The van der Waals surface area contributed by atoms with Crippen LogP contribution in [0.2, 0.25) is 0 Å². The van der Waals surface area contributed by atoms with Crippen LogP contribution in [0.1, 0.15) is 60.3 Å². The van der Waals surface area contributed by atoms with Crippen LogP contribution in [-0.4, -0.2) is 17.1 Å². The minimum absolute atomic E-state index is 0.234. The lowest BCUT2D eigenvalue weighted by Crippen LogP contribution is -2.60. The van der Waals surface area contributed by atoms with E-state index in [1.165, 1.54) is 19.3 Å². The number of nitrogens with one attached hydrogen (secondary N) is 1. The van der Waals surface area contributed by atoms with Crippen molar-refractivity contribution in [3.8, 4) is 0 Å². The molecule has 90 valence electrons. The third-order valence-corrected chi connectivity index (χ3v) is 3.45. The largest absolute Gasteiger partial charge is 0.327 e. The Bertz CT molecular complexity index is 193. The maximum atomic E-state index is 6.27. The maximum absolute atomic E-state index is 6.27. The smallest absolute Gasteiger partial charge is 0.0133 e. The fraction of sp³-hybridized carbons (Fsp3) is 1.00. The molecule has 0 amide bonds. The lowest BCUT2D eigenvalue weighted by Gasteiger charge is -2.48. The number of nitrogens with two attached hydrogens (primary N) is 1. The van der Waals surface area contributed by atoms with Gasteiger partial charge in [0.25, 0.3) is 0 Å². The average Bonchev–Trinajstić information content (AvgIpc) is 1.98. The van der Waals surface area contributed by atoms with Gasteiger partial charge in [0.2, 0.25) is 0 Å². The second kappa shape index (κ2) is 4.42. The van der Waals surface area contributed by atoms with Gasteiger partial charge >= 0.3 is 0 Å². The SMILES string of the molecule is CCCC(N)C1CC(C)(C)NC(C)(C)C1. The van der Waals surface area contributed by atoms with Crippen molar-refractivity contribution in [1.82, 2.24) is 5.32 Å². The summed E-state index contributed by atoms with van der Waals surface area (Å²) in [7, 11) is 0. The molecule has 1 atom stereocenters. The number of rotatable bonds is 3. The van der Waals surface area contributed by atoms with E-state index in [2.05, 4.69) is 39.9 Å². The van der Waals surface area contributed by atoms with Gasteiger partial charge in [-0.3, -0.25) is 0 Å². The van der Waals surface area contributed by atoms with E-state index in [-0.39, 0.29) is 11.1 Å². The number of hydrogen-bond donors (Lipinski definition) is 2. The molecule has 0 aromatic rings. The molecule has 15 heavy (non-hydrogen) atoms. The minimum atomic E-state index is 0.234. The Morgan fingerprint density at radius 2 is 1.67 bits per heavy atom. The standard InChI is InChI=1S/C13H28N2/c1-6-7-11(14)10-8-12(2,3)15-13(4,5)9-10/h10-11,15H,6-9,14H2,1-5H3. The molecule has 0 radical (unpaired) electrons. The summed E-state index contributed by atoms with van der Waals surface area (Å²) in [5.74, 6) is 0.677. The first-order chi connectivity index (χ1) is 6.76. The van der Waals surface area contributed by atoms with Crippen LogP contribution in [0.15, 0.2) is 0 Å². The summed E-state index contributed by atoms with van der Waals surface area (Å²) < 4.78 is 0. The van der Waals surface area contributed by atoms with Crippen molar-refractivity contribution >= 4 is 0 Å². The zero-order valence-electron chi connectivity index (χ0n) is 11.1. The van der Waals surface area contributed by atoms with E-state index >= 15 is 0 Å².